The number of aliphatic carboxylic acids is 1. The first-order chi connectivity index (χ1) is 8.35. The van der Waals surface area contributed by atoms with Crippen LogP contribution in [0.25, 0.3) is 0 Å². The highest BCUT2D eigenvalue weighted by molar-refractivity contribution is 7.90. The third kappa shape index (κ3) is 4.01. The molecule has 0 heterocycles. The summed E-state index contributed by atoms with van der Waals surface area (Å²) in [5.41, 5.74) is 1.50. The van der Waals surface area contributed by atoms with Crippen LogP contribution in [0, 0.1) is 0 Å². The van der Waals surface area contributed by atoms with Gasteiger partial charge in [-0.15, -0.1) is 0 Å². The molecule has 0 aromatic heterocycles. The minimum atomic E-state index is -3.83. The average molecular weight is 272 g/mol. The van der Waals surface area contributed by atoms with E-state index >= 15 is 0 Å². The number of anilines is 1. The summed E-state index contributed by atoms with van der Waals surface area (Å²) in [6.07, 6.45) is 0.867. The van der Waals surface area contributed by atoms with Crippen molar-refractivity contribution in [3.05, 3.63) is 29.8 Å². The molecule has 0 fully saturated rings. The Labute approximate surface area is 106 Å². The maximum Gasteiger partial charge on any atom is 0.318 e. The van der Waals surface area contributed by atoms with Gasteiger partial charge in [-0.25, -0.2) is 0 Å². The van der Waals surface area contributed by atoms with E-state index in [4.69, 9.17) is 5.11 Å². The molecule has 6 nitrogen and oxygen atoms in total. The van der Waals surface area contributed by atoms with Crippen LogP contribution in [0.5, 0.6) is 0 Å². The molecule has 0 atom stereocenters. The van der Waals surface area contributed by atoms with Gasteiger partial charge in [-0.2, -0.15) is 12.7 Å². The smallest absolute Gasteiger partial charge is 0.318 e. The molecule has 0 amide bonds. The molecule has 100 valence electrons. The van der Waals surface area contributed by atoms with Crippen LogP contribution in [0.4, 0.5) is 5.69 Å². The Morgan fingerprint density at radius 2 is 1.89 bits per heavy atom. The number of likely N-dealkylation sites (N-methyl/N-ethyl adjacent to an activating group) is 1. The first-order valence-corrected chi connectivity index (χ1v) is 6.84. The summed E-state index contributed by atoms with van der Waals surface area (Å²) >= 11 is 0. The van der Waals surface area contributed by atoms with Crippen molar-refractivity contribution in [1.82, 2.24) is 4.31 Å². The third-order valence-electron chi connectivity index (χ3n) is 2.38. The highest BCUT2D eigenvalue weighted by Gasteiger charge is 2.19. The van der Waals surface area contributed by atoms with Crippen LogP contribution >= 0.6 is 0 Å². The fourth-order valence-corrected chi connectivity index (χ4v) is 2.18. The number of carboxylic acids is 1. The first-order valence-electron chi connectivity index (χ1n) is 5.40. The first kappa shape index (κ1) is 14.5. The molecular weight excluding hydrogens is 256 g/mol. The fourth-order valence-electron chi connectivity index (χ4n) is 1.31. The Morgan fingerprint density at radius 3 is 2.33 bits per heavy atom. The van der Waals surface area contributed by atoms with E-state index in [0.717, 1.165) is 16.3 Å². The Morgan fingerprint density at radius 1 is 1.33 bits per heavy atom. The van der Waals surface area contributed by atoms with Crippen LogP contribution in [-0.2, 0) is 21.4 Å². The van der Waals surface area contributed by atoms with Crippen molar-refractivity contribution in [2.45, 2.75) is 13.3 Å². The van der Waals surface area contributed by atoms with E-state index < -0.39 is 22.7 Å². The molecule has 0 bridgehead atoms. The molecule has 0 spiro atoms. The van der Waals surface area contributed by atoms with Gasteiger partial charge in [0.25, 0.3) is 0 Å². The van der Waals surface area contributed by atoms with Gasteiger partial charge in [-0.05, 0) is 24.1 Å². The lowest BCUT2D eigenvalue weighted by atomic mass is 10.2. The number of rotatable bonds is 6. The molecule has 1 aromatic carbocycles. The van der Waals surface area contributed by atoms with Gasteiger partial charge < -0.3 is 5.11 Å². The van der Waals surface area contributed by atoms with Crippen LogP contribution in [-0.4, -0.2) is 37.4 Å². The number of hydrogen-bond acceptors (Lipinski definition) is 3. The zero-order valence-corrected chi connectivity index (χ0v) is 11.1. The number of hydrogen-bond donors (Lipinski definition) is 2. The third-order valence-corrected chi connectivity index (χ3v) is 3.82. The van der Waals surface area contributed by atoms with Crippen molar-refractivity contribution in [2.24, 2.45) is 0 Å². The van der Waals surface area contributed by atoms with Crippen molar-refractivity contribution in [3.63, 3.8) is 0 Å². The standard InChI is InChI=1S/C11H16N2O4S/c1-3-9-4-6-10(7-5-9)12-18(16,17)13(2)8-11(14)15/h4-7,12H,3,8H2,1-2H3,(H,14,15). The van der Waals surface area contributed by atoms with E-state index in [1.807, 2.05) is 19.1 Å². The van der Waals surface area contributed by atoms with Gasteiger partial charge in [-0.3, -0.25) is 9.52 Å². The summed E-state index contributed by atoms with van der Waals surface area (Å²) in [7, 11) is -2.62. The van der Waals surface area contributed by atoms with E-state index in [1.165, 1.54) is 7.05 Å². The molecule has 18 heavy (non-hydrogen) atoms. The molecule has 2 N–H and O–H groups in total. The molecule has 7 heteroatoms. The van der Waals surface area contributed by atoms with Gasteiger partial charge in [-0.1, -0.05) is 19.1 Å². The van der Waals surface area contributed by atoms with E-state index in [1.54, 1.807) is 12.1 Å². The maximum absolute atomic E-state index is 11.7. The molecule has 1 aromatic rings. The summed E-state index contributed by atoms with van der Waals surface area (Å²) in [6, 6.07) is 6.92. The minimum Gasteiger partial charge on any atom is -0.480 e. The van der Waals surface area contributed by atoms with Crippen molar-refractivity contribution in [2.75, 3.05) is 18.3 Å². The predicted molar refractivity (Wildman–Crippen MR) is 68.6 cm³/mol. The van der Waals surface area contributed by atoms with E-state index in [9.17, 15) is 13.2 Å². The summed E-state index contributed by atoms with van der Waals surface area (Å²) in [4.78, 5) is 10.5. The van der Waals surface area contributed by atoms with Crippen molar-refractivity contribution in [3.8, 4) is 0 Å². The van der Waals surface area contributed by atoms with Crippen molar-refractivity contribution < 1.29 is 18.3 Å². The molecule has 0 saturated carbocycles. The second-order valence-corrected chi connectivity index (χ2v) is 5.58. The molecule has 0 aliphatic carbocycles. The summed E-state index contributed by atoms with van der Waals surface area (Å²) in [5, 5.41) is 8.55. The highest BCUT2D eigenvalue weighted by Crippen LogP contribution is 2.12. The minimum absolute atomic E-state index is 0.407. The lowest BCUT2D eigenvalue weighted by molar-refractivity contribution is -0.137. The zero-order valence-electron chi connectivity index (χ0n) is 10.3. The van der Waals surface area contributed by atoms with Crippen LogP contribution < -0.4 is 4.72 Å². The van der Waals surface area contributed by atoms with Gasteiger partial charge in [0.15, 0.2) is 0 Å². The van der Waals surface area contributed by atoms with E-state index in [-0.39, 0.29) is 0 Å². The average Bonchev–Trinajstić information content (AvgIpc) is 2.28. The normalized spacial score (nSPS) is 11.5. The van der Waals surface area contributed by atoms with Crippen molar-refractivity contribution in [1.29, 1.82) is 0 Å². The molecule has 0 radical (unpaired) electrons. The molecule has 0 aliphatic rings. The van der Waals surface area contributed by atoms with Gasteiger partial charge >= 0.3 is 16.2 Å². The topological polar surface area (TPSA) is 86.7 Å². The molecule has 0 unspecified atom stereocenters. The summed E-state index contributed by atoms with van der Waals surface area (Å²) in [5.74, 6) is -1.20. The molecular formula is C11H16N2O4S. The SMILES string of the molecule is CCc1ccc(NS(=O)(=O)N(C)CC(=O)O)cc1. The number of benzene rings is 1. The second kappa shape index (κ2) is 5.83. The highest BCUT2D eigenvalue weighted by atomic mass is 32.2. The Bertz CT molecular complexity index is 510. The van der Waals surface area contributed by atoms with Gasteiger partial charge in [0.05, 0.1) is 0 Å². The monoisotopic (exact) mass is 272 g/mol. The Kier molecular flexibility index (Phi) is 4.69. The zero-order chi connectivity index (χ0) is 13.8. The van der Waals surface area contributed by atoms with E-state index in [0.29, 0.717) is 5.69 Å². The molecule has 0 aliphatic heterocycles. The Hall–Kier alpha value is -1.60. The quantitative estimate of drug-likeness (QED) is 0.806. The number of aryl methyl sites for hydroxylation is 1. The van der Waals surface area contributed by atoms with Gasteiger partial charge in [0.1, 0.15) is 6.54 Å². The number of carbonyl (C=O) groups is 1. The fraction of sp³-hybridized carbons (Fsp3) is 0.364. The van der Waals surface area contributed by atoms with Crippen LogP contribution in [0.1, 0.15) is 12.5 Å². The molecule has 0 saturated heterocycles. The van der Waals surface area contributed by atoms with Crippen LogP contribution in [0.15, 0.2) is 24.3 Å². The predicted octanol–water partition coefficient (Wildman–Crippen LogP) is 0.922. The van der Waals surface area contributed by atoms with E-state index in [2.05, 4.69) is 4.72 Å². The number of nitrogens with one attached hydrogen (secondary N) is 1. The lowest BCUT2D eigenvalue weighted by Gasteiger charge is -2.16. The number of carboxylic acid groups (broad SMARTS) is 1. The van der Waals surface area contributed by atoms with Crippen LogP contribution in [0.2, 0.25) is 0 Å². The van der Waals surface area contributed by atoms with Gasteiger partial charge in [0, 0.05) is 12.7 Å². The second-order valence-electron chi connectivity index (χ2n) is 3.81. The Balaban J connectivity index is 2.78. The van der Waals surface area contributed by atoms with Crippen LogP contribution in [0.3, 0.4) is 0 Å². The van der Waals surface area contributed by atoms with Crippen molar-refractivity contribution >= 4 is 21.9 Å². The number of nitrogens with zero attached hydrogens (tertiary/aromatic N) is 1. The lowest BCUT2D eigenvalue weighted by Crippen LogP contribution is -2.36. The summed E-state index contributed by atoms with van der Waals surface area (Å²) in [6.45, 7) is 1.42. The molecule has 1 rings (SSSR count). The maximum atomic E-state index is 11.7. The van der Waals surface area contributed by atoms with Gasteiger partial charge in [0.2, 0.25) is 0 Å². The summed E-state index contributed by atoms with van der Waals surface area (Å²) < 4.78 is 26.5. The largest absolute Gasteiger partial charge is 0.480 e.